The number of hydrogen-bond acceptors (Lipinski definition) is 8. The van der Waals surface area contributed by atoms with Crippen LogP contribution in [0, 0.1) is 0 Å². The highest BCUT2D eigenvalue weighted by Gasteiger charge is 2.48. The summed E-state index contributed by atoms with van der Waals surface area (Å²) in [4.78, 5) is 32.9. The Balaban J connectivity index is 1.53. The number of aliphatic hydroxyl groups excluding tert-OH is 1. The van der Waals surface area contributed by atoms with E-state index in [1.807, 2.05) is 30.3 Å². The van der Waals surface area contributed by atoms with E-state index in [0.717, 1.165) is 9.17 Å². The lowest BCUT2D eigenvalue weighted by atomic mass is 9.95. The van der Waals surface area contributed by atoms with Gasteiger partial charge in [-0.1, -0.05) is 39.4 Å². The number of thiazole rings is 1. The maximum absolute atomic E-state index is 13.5. The first kappa shape index (κ1) is 23.5. The molecule has 0 unspecified atom stereocenters. The first-order valence-corrected chi connectivity index (χ1v) is 13.0. The number of rotatable bonds is 4. The van der Waals surface area contributed by atoms with E-state index in [2.05, 4.69) is 20.9 Å². The van der Waals surface area contributed by atoms with Crippen molar-refractivity contribution < 1.29 is 28.9 Å². The minimum absolute atomic E-state index is 0.0309. The summed E-state index contributed by atoms with van der Waals surface area (Å²) in [6.45, 7) is 0.808. The van der Waals surface area contributed by atoms with Gasteiger partial charge in [0, 0.05) is 10.0 Å². The van der Waals surface area contributed by atoms with Gasteiger partial charge < -0.3 is 19.3 Å². The van der Waals surface area contributed by atoms with Gasteiger partial charge in [-0.2, -0.15) is 0 Å². The topological polar surface area (TPSA) is 98.2 Å². The molecule has 10 heteroatoms. The number of fused-ring (bicyclic) bond motifs is 2. The van der Waals surface area contributed by atoms with E-state index in [4.69, 9.17) is 14.2 Å². The van der Waals surface area contributed by atoms with E-state index in [-0.39, 0.29) is 11.3 Å². The highest BCUT2D eigenvalue weighted by atomic mass is 79.9. The van der Waals surface area contributed by atoms with Crippen LogP contribution in [0.5, 0.6) is 17.2 Å². The SMILES string of the molecule is COc1ccc2nc(N3C(=O)C(=O)C(=C(O)c4ccc5c(c4)OCCO5)[C@H]3c3cccc(Br)c3)sc2c1. The lowest BCUT2D eigenvalue weighted by Gasteiger charge is -2.23. The molecule has 8 nitrogen and oxygen atoms in total. The molecule has 2 aliphatic heterocycles. The Morgan fingerprint density at radius 1 is 1.08 bits per heavy atom. The van der Waals surface area contributed by atoms with Gasteiger partial charge in [-0.05, 0) is 54.1 Å². The first-order valence-electron chi connectivity index (χ1n) is 11.4. The van der Waals surface area contributed by atoms with Gasteiger partial charge in [0.15, 0.2) is 16.6 Å². The van der Waals surface area contributed by atoms with Gasteiger partial charge in [0.05, 0.1) is 28.9 Å². The standard InChI is InChI=1S/C27H19BrN2O6S/c1-34-17-6-7-18-21(13-17)37-27(29-18)30-23(14-3-2-4-16(28)11-14)22(25(32)26(30)33)24(31)15-5-8-19-20(12-15)36-10-9-35-19/h2-8,11-13,23,31H,9-10H2,1H3/t23-/m1/s1. The quantitative estimate of drug-likeness (QED) is 0.195. The molecule has 0 bridgehead atoms. The maximum Gasteiger partial charge on any atom is 0.301 e. The fourth-order valence-electron chi connectivity index (χ4n) is 4.49. The van der Waals surface area contributed by atoms with Crippen molar-refractivity contribution in [3.8, 4) is 17.2 Å². The van der Waals surface area contributed by atoms with E-state index in [0.29, 0.717) is 52.2 Å². The van der Waals surface area contributed by atoms with Crippen molar-refractivity contribution in [2.24, 2.45) is 0 Å². The van der Waals surface area contributed by atoms with E-state index >= 15 is 0 Å². The highest BCUT2D eigenvalue weighted by Crippen LogP contribution is 2.45. The molecule has 37 heavy (non-hydrogen) atoms. The van der Waals surface area contributed by atoms with Gasteiger partial charge in [0.1, 0.15) is 24.7 Å². The molecule has 2 aliphatic rings. The largest absolute Gasteiger partial charge is 0.507 e. The third kappa shape index (κ3) is 4.02. The molecule has 4 aromatic rings. The Labute approximate surface area is 223 Å². The normalized spacial score (nSPS) is 18.4. The van der Waals surface area contributed by atoms with Crippen LogP contribution in [-0.4, -0.2) is 42.1 Å². The Bertz CT molecular complexity index is 1610. The van der Waals surface area contributed by atoms with Crippen LogP contribution in [0.25, 0.3) is 16.0 Å². The molecule has 3 heterocycles. The van der Waals surface area contributed by atoms with E-state index in [1.54, 1.807) is 37.4 Å². The van der Waals surface area contributed by atoms with Crippen LogP contribution in [0.1, 0.15) is 17.2 Å². The third-order valence-electron chi connectivity index (χ3n) is 6.21. The van der Waals surface area contributed by atoms with Gasteiger partial charge in [0.25, 0.3) is 5.78 Å². The number of aromatic nitrogens is 1. The monoisotopic (exact) mass is 578 g/mol. The summed E-state index contributed by atoms with van der Waals surface area (Å²) < 4.78 is 18.1. The predicted octanol–water partition coefficient (Wildman–Crippen LogP) is 5.46. The van der Waals surface area contributed by atoms with Gasteiger partial charge in [0.2, 0.25) is 0 Å². The van der Waals surface area contributed by atoms with E-state index in [1.165, 1.54) is 16.2 Å². The van der Waals surface area contributed by atoms with Crippen LogP contribution in [0.3, 0.4) is 0 Å². The molecule has 0 aliphatic carbocycles. The second-order valence-corrected chi connectivity index (χ2v) is 10.3. The first-order chi connectivity index (χ1) is 17.9. The fraction of sp³-hybridized carbons (Fsp3) is 0.148. The molecule has 1 atom stereocenters. The molecule has 1 fully saturated rings. The van der Waals surface area contributed by atoms with Crippen molar-refractivity contribution in [1.29, 1.82) is 0 Å². The minimum atomic E-state index is -0.895. The summed E-state index contributed by atoms with van der Waals surface area (Å²) in [5.74, 6) is -0.192. The Morgan fingerprint density at radius 2 is 1.89 bits per heavy atom. The van der Waals surface area contributed by atoms with E-state index in [9.17, 15) is 14.7 Å². The summed E-state index contributed by atoms with van der Waals surface area (Å²) in [6, 6.07) is 16.7. The number of ether oxygens (including phenoxy) is 3. The lowest BCUT2D eigenvalue weighted by molar-refractivity contribution is -0.132. The molecule has 0 radical (unpaired) electrons. The summed E-state index contributed by atoms with van der Waals surface area (Å²) in [6.07, 6.45) is 0. The molecular weight excluding hydrogens is 560 g/mol. The number of amides is 1. The van der Waals surface area contributed by atoms with Gasteiger partial charge in [-0.3, -0.25) is 14.5 Å². The minimum Gasteiger partial charge on any atom is -0.507 e. The van der Waals surface area contributed by atoms with Crippen molar-refractivity contribution in [3.63, 3.8) is 0 Å². The number of anilines is 1. The number of carbonyl (C=O) groups excluding carboxylic acids is 2. The maximum atomic E-state index is 13.5. The number of carbonyl (C=O) groups is 2. The van der Waals surface area contributed by atoms with Crippen molar-refractivity contribution in [2.75, 3.05) is 25.2 Å². The highest BCUT2D eigenvalue weighted by molar-refractivity contribution is 9.10. The molecule has 1 amide bonds. The number of aliphatic hydroxyl groups is 1. The summed E-state index contributed by atoms with van der Waals surface area (Å²) in [5, 5.41) is 11.8. The van der Waals surface area contributed by atoms with Crippen molar-refractivity contribution in [1.82, 2.24) is 4.98 Å². The average molecular weight is 579 g/mol. The summed E-state index contributed by atoms with van der Waals surface area (Å²) in [7, 11) is 1.58. The van der Waals surface area contributed by atoms with Gasteiger partial charge >= 0.3 is 5.91 Å². The zero-order valence-corrected chi connectivity index (χ0v) is 21.8. The molecule has 1 saturated heterocycles. The summed E-state index contributed by atoms with van der Waals surface area (Å²) >= 11 is 4.75. The fourth-order valence-corrected chi connectivity index (χ4v) is 5.93. The van der Waals surface area contributed by atoms with Crippen LogP contribution in [0.2, 0.25) is 0 Å². The number of nitrogens with zero attached hydrogens (tertiary/aromatic N) is 2. The Morgan fingerprint density at radius 3 is 2.68 bits per heavy atom. The molecule has 1 aromatic heterocycles. The molecule has 0 spiro atoms. The summed E-state index contributed by atoms with van der Waals surface area (Å²) in [5.41, 5.74) is 1.62. The Kier molecular flexibility index (Phi) is 5.85. The smallest absolute Gasteiger partial charge is 0.301 e. The Hall–Kier alpha value is -3.89. The number of hydrogen-bond donors (Lipinski definition) is 1. The number of benzene rings is 3. The lowest BCUT2D eigenvalue weighted by Crippen LogP contribution is -2.29. The molecule has 1 N–H and O–H groups in total. The molecule has 6 rings (SSSR count). The molecule has 3 aromatic carbocycles. The van der Waals surface area contributed by atoms with Crippen LogP contribution in [0.4, 0.5) is 5.13 Å². The third-order valence-corrected chi connectivity index (χ3v) is 7.73. The van der Waals surface area contributed by atoms with Crippen molar-refractivity contribution in [2.45, 2.75) is 6.04 Å². The van der Waals surface area contributed by atoms with Gasteiger partial charge in [-0.15, -0.1) is 0 Å². The van der Waals surface area contributed by atoms with Crippen molar-refractivity contribution >= 4 is 60.1 Å². The molecular formula is C27H19BrN2O6S. The number of ketones is 1. The van der Waals surface area contributed by atoms with Crippen LogP contribution >= 0.6 is 27.3 Å². The molecule has 0 saturated carbocycles. The van der Waals surface area contributed by atoms with E-state index < -0.39 is 17.7 Å². The number of Topliss-reactive ketones (excluding diaryl/α,β-unsaturated/α-hetero) is 1. The zero-order valence-electron chi connectivity index (χ0n) is 19.4. The van der Waals surface area contributed by atoms with Crippen molar-refractivity contribution in [3.05, 3.63) is 81.8 Å². The van der Waals surface area contributed by atoms with Gasteiger partial charge in [-0.25, -0.2) is 4.98 Å². The number of methoxy groups -OCH3 is 1. The zero-order chi connectivity index (χ0) is 25.7. The molecule has 186 valence electrons. The average Bonchev–Trinajstić information content (AvgIpc) is 3.45. The number of halogens is 1. The van der Waals surface area contributed by atoms with Crippen LogP contribution in [0.15, 0.2) is 70.7 Å². The van der Waals surface area contributed by atoms with Crippen LogP contribution < -0.4 is 19.1 Å². The second kappa shape index (κ2) is 9.20. The predicted molar refractivity (Wildman–Crippen MR) is 143 cm³/mol. The second-order valence-electron chi connectivity index (χ2n) is 8.41. The van der Waals surface area contributed by atoms with Crippen LogP contribution in [-0.2, 0) is 9.59 Å².